The lowest BCUT2D eigenvalue weighted by Crippen LogP contribution is -2.36. The Morgan fingerprint density at radius 3 is 2.71 bits per heavy atom. The SMILES string of the molecule is C=C(C)CN(CC)C(=O)CNc1ccc(F)c([N+](=O)[O-])c1. The smallest absolute Gasteiger partial charge is 0.306 e. The number of rotatable bonds is 7. The molecule has 7 heteroatoms. The van der Waals surface area contributed by atoms with Gasteiger partial charge in [-0.3, -0.25) is 14.9 Å². The molecule has 21 heavy (non-hydrogen) atoms. The largest absolute Gasteiger partial charge is 0.376 e. The number of anilines is 1. The summed E-state index contributed by atoms with van der Waals surface area (Å²) >= 11 is 0. The predicted molar refractivity (Wildman–Crippen MR) is 78.6 cm³/mol. The lowest BCUT2D eigenvalue weighted by Gasteiger charge is -2.21. The summed E-state index contributed by atoms with van der Waals surface area (Å²) in [6.07, 6.45) is 0. The summed E-state index contributed by atoms with van der Waals surface area (Å²) in [6.45, 7) is 8.40. The maximum absolute atomic E-state index is 13.2. The van der Waals surface area contributed by atoms with Crippen molar-refractivity contribution in [2.45, 2.75) is 13.8 Å². The maximum Gasteiger partial charge on any atom is 0.306 e. The molecule has 1 N–H and O–H groups in total. The van der Waals surface area contributed by atoms with E-state index in [0.29, 0.717) is 18.8 Å². The zero-order chi connectivity index (χ0) is 16.0. The summed E-state index contributed by atoms with van der Waals surface area (Å²) in [5, 5.41) is 13.4. The van der Waals surface area contributed by atoms with Gasteiger partial charge in [-0.1, -0.05) is 12.2 Å². The molecule has 1 rings (SSSR count). The van der Waals surface area contributed by atoms with Crippen LogP contribution in [0.3, 0.4) is 0 Å². The molecule has 0 bridgehead atoms. The topological polar surface area (TPSA) is 75.5 Å². The molecule has 0 aromatic heterocycles. The Labute approximate surface area is 122 Å². The minimum atomic E-state index is -0.908. The van der Waals surface area contributed by atoms with E-state index in [2.05, 4.69) is 11.9 Å². The number of nitro groups is 1. The summed E-state index contributed by atoms with van der Waals surface area (Å²) in [5.41, 5.74) is 0.562. The van der Waals surface area contributed by atoms with E-state index in [0.717, 1.165) is 17.7 Å². The first kappa shape index (κ1) is 16.6. The van der Waals surface area contributed by atoms with Crippen LogP contribution >= 0.6 is 0 Å². The van der Waals surface area contributed by atoms with Gasteiger partial charge in [0.05, 0.1) is 11.5 Å². The van der Waals surface area contributed by atoms with Crippen molar-refractivity contribution in [3.63, 3.8) is 0 Å². The van der Waals surface area contributed by atoms with Gasteiger partial charge in [-0.05, 0) is 26.0 Å². The van der Waals surface area contributed by atoms with E-state index < -0.39 is 16.4 Å². The molecule has 1 aromatic carbocycles. The van der Waals surface area contributed by atoms with Gasteiger partial charge >= 0.3 is 5.69 Å². The summed E-state index contributed by atoms with van der Waals surface area (Å²) in [5.74, 6) is -1.07. The molecular weight excluding hydrogens is 277 g/mol. The lowest BCUT2D eigenvalue weighted by atomic mass is 10.2. The molecular formula is C14H18FN3O3. The number of hydrogen-bond acceptors (Lipinski definition) is 4. The van der Waals surface area contributed by atoms with Gasteiger partial charge in [0.1, 0.15) is 0 Å². The summed E-state index contributed by atoms with van der Waals surface area (Å²) in [4.78, 5) is 23.4. The standard InChI is InChI=1S/C14H18FN3O3/c1-4-17(9-10(2)3)14(19)8-16-11-5-6-12(15)13(7-11)18(20)21/h5-7,16H,2,4,8-9H2,1,3H3. The molecule has 6 nitrogen and oxygen atoms in total. The van der Waals surface area contributed by atoms with Crippen LogP contribution in [0.2, 0.25) is 0 Å². The van der Waals surface area contributed by atoms with Crippen molar-refractivity contribution in [2.75, 3.05) is 25.0 Å². The monoisotopic (exact) mass is 295 g/mol. The van der Waals surface area contributed by atoms with Crippen molar-refractivity contribution in [3.05, 3.63) is 46.3 Å². The molecule has 0 atom stereocenters. The predicted octanol–water partition coefficient (Wildman–Crippen LogP) is 2.57. The van der Waals surface area contributed by atoms with Gasteiger partial charge in [-0.2, -0.15) is 4.39 Å². The first-order chi connectivity index (χ1) is 9.85. The fourth-order valence-corrected chi connectivity index (χ4v) is 1.75. The second-order valence-electron chi connectivity index (χ2n) is 4.64. The molecule has 0 radical (unpaired) electrons. The number of nitrogens with zero attached hydrogens (tertiary/aromatic N) is 2. The molecule has 0 spiro atoms. The molecule has 0 unspecified atom stereocenters. The van der Waals surface area contributed by atoms with E-state index in [1.807, 2.05) is 13.8 Å². The van der Waals surface area contributed by atoms with E-state index in [1.165, 1.54) is 6.07 Å². The van der Waals surface area contributed by atoms with E-state index in [1.54, 1.807) is 4.90 Å². The average molecular weight is 295 g/mol. The maximum atomic E-state index is 13.2. The Balaban J connectivity index is 2.70. The number of amides is 1. The van der Waals surface area contributed by atoms with Crippen LogP contribution < -0.4 is 5.32 Å². The second-order valence-corrected chi connectivity index (χ2v) is 4.64. The highest BCUT2D eigenvalue weighted by molar-refractivity contribution is 5.81. The van der Waals surface area contributed by atoms with Crippen LogP contribution in [0.15, 0.2) is 30.4 Å². The van der Waals surface area contributed by atoms with Crippen LogP contribution in [0, 0.1) is 15.9 Å². The van der Waals surface area contributed by atoms with Crippen LogP contribution in [0.1, 0.15) is 13.8 Å². The van der Waals surface area contributed by atoms with Gasteiger partial charge in [0.2, 0.25) is 11.7 Å². The Hall–Kier alpha value is -2.44. The van der Waals surface area contributed by atoms with E-state index in [-0.39, 0.29) is 12.5 Å². The molecule has 0 saturated heterocycles. The normalized spacial score (nSPS) is 10.0. The minimum absolute atomic E-state index is 0.0239. The molecule has 0 fully saturated rings. The number of nitro benzene ring substituents is 1. The number of nitrogens with one attached hydrogen (secondary N) is 1. The van der Waals surface area contributed by atoms with Crippen molar-refractivity contribution in [3.8, 4) is 0 Å². The molecule has 0 aliphatic rings. The van der Waals surface area contributed by atoms with Crippen molar-refractivity contribution in [1.82, 2.24) is 4.90 Å². The Bertz CT molecular complexity index is 560. The number of benzene rings is 1. The van der Waals surface area contributed by atoms with Crippen molar-refractivity contribution in [1.29, 1.82) is 0 Å². The molecule has 0 aliphatic heterocycles. The van der Waals surface area contributed by atoms with Crippen LogP contribution in [-0.2, 0) is 4.79 Å². The number of likely N-dealkylation sites (N-methyl/N-ethyl adjacent to an activating group) is 1. The molecule has 0 aliphatic carbocycles. The average Bonchev–Trinajstić information content (AvgIpc) is 2.42. The van der Waals surface area contributed by atoms with Gasteiger partial charge in [-0.15, -0.1) is 0 Å². The first-order valence-electron chi connectivity index (χ1n) is 6.45. The number of carbonyl (C=O) groups excluding carboxylic acids is 1. The van der Waals surface area contributed by atoms with Gasteiger partial charge < -0.3 is 10.2 Å². The highest BCUT2D eigenvalue weighted by Gasteiger charge is 2.15. The zero-order valence-corrected chi connectivity index (χ0v) is 12.1. The van der Waals surface area contributed by atoms with Crippen molar-refractivity contribution >= 4 is 17.3 Å². The lowest BCUT2D eigenvalue weighted by molar-refractivity contribution is -0.387. The van der Waals surface area contributed by atoms with Gasteiger partial charge in [-0.25, -0.2) is 0 Å². The van der Waals surface area contributed by atoms with Crippen molar-refractivity contribution < 1.29 is 14.1 Å². The summed E-state index contributed by atoms with van der Waals surface area (Å²) in [7, 11) is 0. The zero-order valence-electron chi connectivity index (χ0n) is 12.1. The molecule has 0 heterocycles. The highest BCUT2D eigenvalue weighted by atomic mass is 19.1. The van der Waals surface area contributed by atoms with E-state index in [9.17, 15) is 19.3 Å². The second kappa shape index (κ2) is 7.37. The van der Waals surface area contributed by atoms with E-state index >= 15 is 0 Å². The van der Waals surface area contributed by atoms with Gasteiger partial charge in [0.15, 0.2) is 0 Å². The molecule has 0 saturated carbocycles. The molecule has 1 aromatic rings. The highest BCUT2D eigenvalue weighted by Crippen LogP contribution is 2.21. The fraction of sp³-hybridized carbons (Fsp3) is 0.357. The molecule has 1 amide bonds. The summed E-state index contributed by atoms with van der Waals surface area (Å²) in [6, 6.07) is 3.42. The summed E-state index contributed by atoms with van der Waals surface area (Å²) < 4.78 is 13.2. The van der Waals surface area contributed by atoms with E-state index in [4.69, 9.17) is 0 Å². The van der Waals surface area contributed by atoms with Crippen LogP contribution in [0.4, 0.5) is 15.8 Å². The Morgan fingerprint density at radius 1 is 1.52 bits per heavy atom. The number of halogens is 1. The van der Waals surface area contributed by atoms with Gasteiger partial charge in [0.25, 0.3) is 0 Å². The van der Waals surface area contributed by atoms with Crippen molar-refractivity contribution in [2.24, 2.45) is 0 Å². The van der Waals surface area contributed by atoms with Gasteiger partial charge in [0, 0.05) is 24.8 Å². The first-order valence-corrected chi connectivity index (χ1v) is 6.45. The number of hydrogen-bond donors (Lipinski definition) is 1. The number of carbonyl (C=O) groups is 1. The Kier molecular flexibility index (Phi) is 5.83. The van der Waals surface area contributed by atoms with Crippen LogP contribution in [-0.4, -0.2) is 35.4 Å². The van der Waals surface area contributed by atoms with Crippen LogP contribution in [0.25, 0.3) is 0 Å². The fourth-order valence-electron chi connectivity index (χ4n) is 1.75. The third-order valence-corrected chi connectivity index (χ3v) is 2.78. The quantitative estimate of drug-likeness (QED) is 0.476. The minimum Gasteiger partial charge on any atom is -0.376 e. The van der Waals surface area contributed by atoms with Crippen LogP contribution in [0.5, 0.6) is 0 Å². The Morgan fingerprint density at radius 2 is 2.19 bits per heavy atom. The third-order valence-electron chi connectivity index (χ3n) is 2.78. The molecule has 114 valence electrons. The third kappa shape index (κ3) is 4.87.